The van der Waals surface area contributed by atoms with Gasteiger partial charge in [0, 0.05) is 19.8 Å². The van der Waals surface area contributed by atoms with E-state index in [1.54, 1.807) is 0 Å². The molecule has 192 valence electrons. The summed E-state index contributed by atoms with van der Waals surface area (Å²) in [6, 6.07) is 8.86. The van der Waals surface area contributed by atoms with Crippen LogP contribution in [0, 0.1) is 5.92 Å². The fourth-order valence-electron chi connectivity index (χ4n) is 3.66. The number of hydrogen-bond donors (Lipinski definition) is 4. The summed E-state index contributed by atoms with van der Waals surface area (Å²) >= 11 is 0. The van der Waals surface area contributed by atoms with Gasteiger partial charge >= 0.3 is 18.0 Å². The van der Waals surface area contributed by atoms with Crippen molar-refractivity contribution in [2.45, 2.75) is 51.0 Å². The summed E-state index contributed by atoms with van der Waals surface area (Å²) < 4.78 is 6.00. The van der Waals surface area contributed by atoms with Gasteiger partial charge in [0.15, 0.2) is 5.92 Å². The first-order valence-corrected chi connectivity index (χ1v) is 12.0. The fraction of sp³-hybridized carbons (Fsp3) is 0.640. The van der Waals surface area contributed by atoms with E-state index in [1.807, 2.05) is 27.2 Å². The lowest BCUT2D eigenvalue weighted by Gasteiger charge is -2.31. The molecule has 9 heteroatoms. The van der Waals surface area contributed by atoms with Crippen LogP contribution in [-0.4, -0.2) is 86.2 Å². The minimum atomic E-state index is -1.71. The molecular weight excluding hydrogens is 438 g/mol. The van der Waals surface area contributed by atoms with Crippen molar-refractivity contribution in [1.29, 1.82) is 0 Å². The third-order valence-corrected chi connectivity index (χ3v) is 5.34. The number of aryl methyl sites for hydroxylation is 1. The maximum atomic E-state index is 12.2. The number of carbonyl (C=O) groups is 3. The molecule has 1 rings (SSSR count). The highest BCUT2D eigenvalue weighted by Gasteiger charge is 2.39. The molecule has 0 heterocycles. The number of nitrogens with one attached hydrogen (secondary N) is 2. The second kappa shape index (κ2) is 16.1. The normalized spacial score (nSPS) is 12.4. The average Bonchev–Trinajstić information content (AvgIpc) is 2.73. The number of ether oxygens (including phenoxy) is 1. The first kappa shape index (κ1) is 29.4. The monoisotopic (exact) mass is 480 g/mol. The van der Waals surface area contributed by atoms with E-state index in [9.17, 15) is 24.6 Å². The van der Waals surface area contributed by atoms with E-state index in [-0.39, 0.29) is 6.54 Å². The molecule has 9 nitrogen and oxygen atoms in total. The third kappa shape index (κ3) is 13.8. The number of urea groups is 1. The summed E-state index contributed by atoms with van der Waals surface area (Å²) in [5, 5.41) is 23.8. The predicted molar refractivity (Wildman–Crippen MR) is 131 cm³/mol. The number of carboxylic acids is 2. The topological polar surface area (TPSA) is 125 Å². The zero-order valence-corrected chi connectivity index (χ0v) is 20.8. The molecule has 34 heavy (non-hydrogen) atoms. The molecule has 1 aromatic rings. The summed E-state index contributed by atoms with van der Waals surface area (Å²) in [6.07, 6.45) is 6.93. The van der Waals surface area contributed by atoms with Gasteiger partial charge in [0.25, 0.3) is 0 Å². The van der Waals surface area contributed by atoms with Crippen LogP contribution < -0.4 is 10.6 Å². The SMILES string of the molecule is C[N+](C)(C)C[C@H](NC(=O)NCCCCCCOCCCCc1ccccc1)C(C(=O)O)C(=O)O. The Labute approximate surface area is 203 Å². The Morgan fingerprint density at radius 3 is 2.06 bits per heavy atom. The summed E-state index contributed by atoms with van der Waals surface area (Å²) in [5.74, 6) is -4.64. The molecule has 0 saturated heterocycles. The van der Waals surface area contributed by atoms with Gasteiger partial charge in [-0.25, -0.2) is 4.79 Å². The van der Waals surface area contributed by atoms with Crippen LogP contribution in [0.2, 0.25) is 0 Å². The van der Waals surface area contributed by atoms with Crippen LogP contribution in [0.15, 0.2) is 30.3 Å². The van der Waals surface area contributed by atoms with E-state index in [0.717, 1.165) is 58.2 Å². The second-order valence-corrected chi connectivity index (χ2v) is 9.60. The number of amides is 2. The Hall–Kier alpha value is -2.65. The van der Waals surface area contributed by atoms with Crippen molar-refractivity contribution in [1.82, 2.24) is 10.6 Å². The molecule has 0 saturated carbocycles. The summed E-state index contributed by atoms with van der Waals surface area (Å²) in [7, 11) is 5.42. The zero-order valence-electron chi connectivity index (χ0n) is 20.8. The molecule has 0 aliphatic carbocycles. The van der Waals surface area contributed by atoms with Crippen LogP contribution in [0.3, 0.4) is 0 Å². The summed E-state index contributed by atoms with van der Waals surface area (Å²) in [6.45, 7) is 2.12. The molecule has 1 aromatic carbocycles. The van der Waals surface area contributed by atoms with Gasteiger partial charge in [-0.15, -0.1) is 0 Å². The van der Waals surface area contributed by atoms with Crippen LogP contribution in [0.25, 0.3) is 0 Å². The number of likely N-dealkylation sites (N-methyl/N-ethyl adjacent to an activating group) is 1. The molecule has 0 aliphatic heterocycles. The quantitative estimate of drug-likeness (QED) is 0.145. The van der Waals surface area contributed by atoms with Crippen LogP contribution >= 0.6 is 0 Å². The molecule has 0 spiro atoms. The van der Waals surface area contributed by atoms with E-state index < -0.39 is 29.9 Å². The Kier molecular flexibility index (Phi) is 13.9. The molecule has 4 N–H and O–H groups in total. The number of unbranched alkanes of at least 4 members (excludes halogenated alkanes) is 4. The Bertz CT molecular complexity index is 722. The minimum Gasteiger partial charge on any atom is -0.481 e. The Morgan fingerprint density at radius 2 is 1.47 bits per heavy atom. The molecule has 0 unspecified atom stereocenters. The van der Waals surface area contributed by atoms with Crippen molar-refractivity contribution in [3.8, 4) is 0 Å². The predicted octanol–water partition coefficient (Wildman–Crippen LogP) is 2.75. The summed E-state index contributed by atoms with van der Waals surface area (Å²) in [4.78, 5) is 35.0. The average molecular weight is 481 g/mol. The van der Waals surface area contributed by atoms with Gasteiger partial charge in [-0.05, 0) is 37.7 Å². The Morgan fingerprint density at radius 1 is 0.882 bits per heavy atom. The van der Waals surface area contributed by atoms with Crippen LogP contribution in [-0.2, 0) is 20.7 Å². The van der Waals surface area contributed by atoms with Crippen molar-refractivity contribution < 1.29 is 33.8 Å². The minimum absolute atomic E-state index is 0.170. The second-order valence-electron chi connectivity index (χ2n) is 9.60. The van der Waals surface area contributed by atoms with E-state index in [4.69, 9.17) is 4.74 Å². The van der Waals surface area contributed by atoms with Gasteiger partial charge < -0.3 is 30.1 Å². The smallest absolute Gasteiger partial charge is 0.320 e. The van der Waals surface area contributed by atoms with E-state index in [1.165, 1.54) is 5.56 Å². The highest BCUT2D eigenvalue weighted by atomic mass is 16.5. The van der Waals surface area contributed by atoms with Gasteiger partial charge in [-0.1, -0.05) is 43.2 Å². The Balaban J connectivity index is 2.12. The van der Waals surface area contributed by atoms with E-state index >= 15 is 0 Å². The fourth-order valence-corrected chi connectivity index (χ4v) is 3.66. The lowest BCUT2D eigenvalue weighted by atomic mass is 9.99. The lowest BCUT2D eigenvalue weighted by Crippen LogP contribution is -2.57. The van der Waals surface area contributed by atoms with Gasteiger partial charge in [0.05, 0.1) is 21.1 Å². The number of hydrogen-bond acceptors (Lipinski definition) is 4. The van der Waals surface area contributed by atoms with Crippen LogP contribution in [0.5, 0.6) is 0 Å². The molecule has 2 amide bonds. The van der Waals surface area contributed by atoms with Gasteiger partial charge in [-0.3, -0.25) is 9.59 Å². The van der Waals surface area contributed by atoms with Crippen molar-refractivity contribution in [2.24, 2.45) is 5.92 Å². The zero-order chi connectivity index (χ0) is 25.4. The lowest BCUT2D eigenvalue weighted by molar-refractivity contribution is -0.871. The summed E-state index contributed by atoms with van der Waals surface area (Å²) in [5.41, 5.74) is 1.36. The maximum Gasteiger partial charge on any atom is 0.320 e. The van der Waals surface area contributed by atoms with Crippen LogP contribution in [0.4, 0.5) is 4.79 Å². The van der Waals surface area contributed by atoms with E-state index in [0.29, 0.717) is 11.0 Å². The van der Waals surface area contributed by atoms with Gasteiger partial charge in [0.2, 0.25) is 0 Å². The molecule has 0 fully saturated rings. The van der Waals surface area contributed by atoms with Crippen molar-refractivity contribution >= 4 is 18.0 Å². The molecule has 0 aromatic heterocycles. The number of benzene rings is 1. The largest absolute Gasteiger partial charge is 0.481 e. The first-order valence-electron chi connectivity index (χ1n) is 12.0. The molecule has 0 radical (unpaired) electrons. The maximum absolute atomic E-state index is 12.2. The highest BCUT2D eigenvalue weighted by Crippen LogP contribution is 2.10. The van der Waals surface area contributed by atoms with Gasteiger partial charge in [-0.2, -0.15) is 0 Å². The highest BCUT2D eigenvalue weighted by molar-refractivity contribution is 5.94. The third-order valence-electron chi connectivity index (χ3n) is 5.34. The molecular formula is C25H42N3O6+. The number of carboxylic acid groups (broad SMARTS) is 2. The number of rotatable bonds is 18. The molecule has 1 atom stereocenters. The molecule has 0 bridgehead atoms. The van der Waals surface area contributed by atoms with Crippen molar-refractivity contribution in [2.75, 3.05) is 47.4 Å². The van der Waals surface area contributed by atoms with Crippen LogP contribution in [0.1, 0.15) is 44.1 Å². The molecule has 0 aliphatic rings. The number of quaternary nitrogens is 1. The van der Waals surface area contributed by atoms with Crippen molar-refractivity contribution in [3.63, 3.8) is 0 Å². The number of nitrogens with zero attached hydrogens (tertiary/aromatic N) is 1. The number of carbonyl (C=O) groups excluding carboxylic acids is 1. The standard InChI is InChI=1S/C25H41N3O6/c1-28(2,3)19-21(22(23(29)30)24(31)32)27-25(33)26-16-10-4-5-11-17-34-18-12-9-15-20-13-7-6-8-14-20/h6-8,13-14,21-22H,4-5,9-12,15-19H2,1-3H3,(H3-,26,27,29,30,31,32,33)/p+1/t21-/m0/s1. The van der Waals surface area contributed by atoms with E-state index in [2.05, 4.69) is 34.9 Å². The van der Waals surface area contributed by atoms with Crippen molar-refractivity contribution in [3.05, 3.63) is 35.9 Å². The first-order chi connectivity index (χ1) is 16.1. The van der Waals surface area contributed by atoms with Gasteiger partial charge in [0.1, 0.15) is 12.6 Å². The number of aliphatic carboxylic acids is 2.